The Morgan fingerprint density at radius 2 is 1.95 bits per heavy atom. The molecule has 0 heterocycles. The Morgan fingerprint density at radius 3 is 2.70 bits per heavy atom. The van der Waals surface area contributed by atoms with E-state index in [0.717, 1.165) is 18.5 Å². The lowest BCUT2D eigenvalue weighted by atomic mass is 10.2. The van der Waals surface area contributed by atoms with Gasteiger partial charge >= 0.3 is 0 Å². The average Bonchev–Trinajstić information content (AvgIpc) is 2.49. The Morgan fingerprint density at radius 1 is 1.15 bits per heavy atom. The molecule has 2 N–H and O–H groups in total. The fourth-order valence-electron chi connectivity index (χ4n) is 1.60. The van der Waals surface area contributed by atoms with E-state index < -0.39 is 0 Å². The Bertz CT molecular complexity index is 357. The molecule has 1 aromatic rings. The van der Waals surface area contributed by atoms with Crippen molar-refractivity contribution in [2.24, 2.45) is 0 Å². The van der Waals surface area contributed by atoms with Crippen molar-refractivity contribution in [3.63, 3.8) is 0 Å². The average molecular weight is 280 g/mol. The van der Waals surface area contributed by atoms with Crippen LogP contribution in [0.4, 0.5) is 0 Å². The third-order valence-electron chi connectivity index (χ3n) is 2.69. The minimum Gasteiger partial charge on any atom is -0.382 e. The van der Waals surface area contributed by atoms with E-state index in [1.807, 2.05) is 30.3 Å². The van der Waals surface area contributed by atoms with Crippen LogP contribution >= 0.6 is 0 Å². The first kappa shape index (κ1) is 16.6. The smallest absolute Gasteiger partial charge is 0.234 e. The Kier molecular flexibility index (Phi) is 9.48. The quantitative estimate of drug-likeness (QED) is 0.592. The van der Waals surface area contributed by atoms with Crippen LogP contribution in [0.2, 0.25) is 0 Å². The van der Waals surface area contributed by atoms with Gasteiger partial charge in [0.05, 0.1) is 19.8 Å². The molecule has 0 saturated carbocycles. The molecule has 5 nitrogen and oxygen atoms in total. The zero-order valence-electron chi connectivity index (χ0n) is 12.1. The van der Waals surface area contributed by atoms with Gasteiger partial charge in [-0.05, 0) is 18.5 Å². The lowest BCUT2D eigenvalue weighted by Gasteiger charge is -2.07. The van der Waals surface area contributed by atoms with Gasteiger partial charge in [-0.1, -0.05) is 30.3 Å². The van der Waals surface area contributed by atoms with Crippen LogP contribution in [0, 0.1) is 0 Å². The normalized spacial score (nSPS) is 10.4. The number of ether oxygens (including phenoxy) is 2. The second-order valence-corrected chi connectivity index (χ2v) is 4.40. The third kappa shape index (κ3) is 8.63. The van der Waals surface area contributed by atoms with Crippen LogP contribution in [0.1, 0.15) is 12.0 Å². The van der Waals surface area contributed by atoms with Crippen LogP contribution in [0.3, 0.4) is 0 Å². The summed E-state index contributed by atoms with van der Waals surface area (Å²) >= 11 is 0. The van der Waals surface area contributed by atoms with Crippen LogP contribution in [0.15, 0.2) is 30.3 Å². The molecule has 0 aliphatic heterocycles. The number of rotatable bonds is 11. The van der Waals surface area contributed by atoms with Crippen molar-refractivity contribution in [3.05, 3.63) is 35.9 Å². The SMILES string of the molecule is COCCOCCCNCC(=O)NCc1ccccc1. The molecule has 0 aliphatic rings. The molecule has 0 spiro atoms. The first-order chi connectivity index (χ1) is 9.83. The van der Waals surface area contributed by atoms with Gasteiger partial charge in [-0.2, -0.15) is 0 Å². The monoisotopic (exact) mass is 280 g/mol. The highest BCUT2D eigenvalue weighted by Crippen LogP contribution is 1.96. The summed E-state index contributed by atoms with van der Waals surface area (Å²) in [7, 11) is 1.65. The minimum atomic E-state index is 0.00848. The summed E-state index contributed by atoms with van der Waals surface area (Å²) in [5.74, 6) is 0.00848. The van der Waals surface area contributed by atoms with Gasteiger partial charge < -0.3 is 20.1 Å². The number of carbonyl (C=O) groups excluding carboxylic acids is 1. The van der Waals surface area contributed by atoms with E-state index in [2.05, 4.69) is 10.6 Å². The van der Waals surface area contributed by atoms with Crippen LogP contribution < -0.4 is 10.6 Å². The van der Waals surface area contributed by atoms with E-state index in [1.165, 1.54) is 0 Å². The van der Waals surface area contributed by atoms with Crippen molar-refractivity contribution in [1.82, 2.24) is 10.6 Å². The number of hydrogen-bond donors (Lipinski definition) is 2. The predicted molar refractivity (Wildman–Crippen MR) is 78.5 cm³/mol. The van der Waals surface area contributed by atoms with Crippen LogP contribution in [-0.4, -0.2) is 45.9 Å². The molecule has 0 atom stereocenters. The molecule has 0 fully saturated rings. The molecule has 5 heteroatoms. The van der Waals surface area contributed by atoms with E-state index in [-0.39, 0.29) is 5.91 Å². The molecule has 112 valence electrons. The van der Waals surface area contributed by atoms with E-state index in [4.69, 9.17) is 9.47 Å². The summed E-state index contributed by atoms with van der Waals surface area (Å²) in [6.07, 6.45) is 0.885. The van der Waals surface area contributed by atoms with Gasteiger partial charge in [-0.3, -0.25) is 4.79 Å². The Labute approximate surface area is 120 Å². The van der Waals surface area contributed by atoms with E-state index in [0.29, 0.717) is 32.9 Å². The lowest BCUT2D eigenvalue weighted by Crippen LogP contribution is -2.34. The number of benzene rings is 1. The van der Waals surface area contributed by atoms with E-state index in [1.54, 1.807) is 7.11 Å². The van der Waals surface area contributed by atoms with Crippen molar-refractivity contribution >= 4 is 5.91 Å². The molecular weight excluding hydrogens is 256 g/mol. The van der Waals surface area contributed by atoms with Gasteiger partial charge in [0.25, 0.3) is 0 Å². The van der Waals surface area contributed by atoms with Crippen molar-refractivity contribution in [2.75, 3.05) is 40.0 Å². The maximum Gasteiger partial charge on any atom is 0.234 e. The first-order valence-corrected chi connectivity index (χ1v) is 6.91. The second-order valence-electron chi connectivity index (χ2n) is 4.40. The Hall–Kier alpha value is -1.43. The van der Waals surface area contributed by atoms with Gasteiger partial charge in [0, 0.05) is 20.3 Å². The number of hydrogen-bond acceptors (Lipinski definition) is 4. The number of amides is 1. The molecule has 0 aromatic heterocycles. The molecule has 1 aromatic carbocycles. The van der Waals surface area contributed by atoms with Crippen LogP contribution in [-0.2, 0) is 20.8 Å². The van der Waals surface area contributed by atoms with Crippen molar-refractivity contribution in [2.45, 2.75) is 13.0 Å². The lowest BCUT2D eigenvalue weighted by molar-refractivity contribution is -0.120. The standard InChI is InChI=1S/C15H24N2O3/c1-19-10-11-20-9-5-8-16-13-15(18)17-12-14-6-3-2-4-7-14/h2-4,6-7,16H,5,8-13H2,1H3,(H,17,18). The van der Waals surface area contributed by atoms with Gasteiger partial charge in [0.1, 0.15) is 0 Å². The fourth-order valence-corrected chi connectivity index (χ4v) is 1.60. The molecule has 20 heavy (non-hydrogen) atoms. The molecule has 0 radical (unpaired) electrons. The van der Waals surface area contributed by atoms with Gasteiger partial charge in [-0.25, -0.2) is 0 Å². The van der Waals surface area contributed by atoms with Crippen LogP contribution in [0.25, 0.3) is 0 Å². The zero-order valence-corrected chi connectivity index (χ0v) is 12.1. The van der Waals surface area contributed by atoms with E-state index in [9.17, 15) is 4.79 Å². The zero-order chi connectivity index (χ0) is 14.5. The first-order valence-electron chi connectivity index (χ1n) is 6.91. The summed E-state index contributed by atoms with van der Waals surface area (Å²) in [4.78, 5) is 11.6. The topological polar surface area (TPSA) is 59.6 Å². The van der Waals surface area contributed by atoms with Crippen molar-refractivity contribution in [1.29, 1.82) is 0 Å². The van der Waals surface area contributed by atoms with E-state index >= 15 is 0 Å². The summed E-state index contributed by atoms with van der Waals surface area (Å²) in [5.41, 5.74) is 1.10. The number of methoxy groups -OCH3 is 1. The van der Waals surface area contributed by atoms with Crippen LogP contribution in [0.5, 0.6) is 0 Å². The number of carbonyl (C=O) groups is 1. The number of nitrogens with one attached hydrogen (secondary N) is 2. The summed E-state index contributed by atoms with van der Waals surface area (Å²) in [6.45, 7) is 3.60. The van der Waals surface area contributed by atoms with Gasteiger partial charge in [-0.15, -0.1) is 0 Å². The summed E-state index contributed by atoms with van der Waals surface area (Å²) in [5, 5.41) is 5.96. The molecule has 0 saturated heterocycles. The molecule has 0 unspecified atom stereocenters. The summed E-state index contributed by atoms with van der Waals surface area (Å²) in [6, 6.07) is 9.87. The van der Waals surface area contributed by atoms with Crippen molar-refractivity contribution < 1.29 is 14.3 Å². The molecule has 1 amide bonds. The maximum atomic E-state index is 11.6. The maximum absolute atomic E-state index is 11.6. The molecular formula is C15H24N2O3. The second kappa shape index (κ2) is 11.4. The van der Waals surface area contributed by atoms with Gasteiger partial charge in [0.2, 0.25) is 5.91 Å². The highest BCUT2D eigenvalue weighted by molar-refractivity contribution is 5.77. The molecule has 0 bridgehead atoms. The minimum absolute atomic E-state index is 0.00848. The highest BCUT2D eigenvalue weighted by Gasteiger charge is 2.00. The summed E-state index contributed by atoms with van der Waals surface area (Å²) < 4.78 is 10.2. The Balaban J connectivity index is 1.93. The van der Waals surface area contributed by atoms with Gasteiger partial charge in [0.15, 0.2) is 0 Å². The fraction of sp³-hybridized carbons (Fsp3) is 0.533. The predicted octanol–water partition coefficient (Wildman–Crippen LogP) is 0.946. The molecule has 0 aliphatic carbocycles. The largest absolute Gasteiger partial charge is 0.382 e. The third-order valence-corrected chi connectivity index (χ3v) is 2.69. The highest BCUT2D eigenvalue weighted by atomic mass is 16.5. The van der Waals surface area contributed by atoms with Crippen molar-refractivity contribution in [3.8, 4) is 0 Å². The molecule has 1 rings (SSSR count).